The van der Waals surface area contributed by atoms with Crippen LogP contribution in [-0.4, -0.2) is 37.0 Å². The Balaban J connectivity index is 2.39. The summed E-state index contributed by atoms with van der Waals surface area (Å²) in [7, 11) is 2.07. The van der Waals surface area contributed by atoms with Crippen molar-refractivity contribution in [2.45, 2.75) is 26.3 Å². The summed E-state index contributed by atoms with van der Waals surface area (Å²) in [5.41, 5.74) is 6.65. The molecule has 3 N–H and O–H groups in total. The number of benzene rings is 1. The second-order valence-corrected chi connectivity index (χ2v) is 5.39. The molecule has 0 radical (unpaired) electrons. The van der Waals surface area contributed by atoms with Crippen molar-refractivity contribution in [1.29, 1.82) is 0 Å². The van der Waals surface area contributed by atoms with Crippen molar-refractivity contribution in [1.82, 2.24) is 10.2 Å². The molecule has 0 atom stereocenters. The lowest BCUT2D eigenvalue weighted by Crippen LogP contribution is -2.31. The van der Waals surface area contributed by atoms with Crippen LogP contribution >= 0.6 is 11.6 Å². The molecule has 0 saturated heterocycles. The van der Waals surface area contributed by atoms with Gasteiger partial charge in [-0.3, -0.25) is 4.79 Å². The highest BCUT2D eigenvalue weighted by Crippen LogP contribution is 2.16. The van der Waals surface area contributed by atoms with Gasteiger partial charge in [0.05, 0.1) is 0 Å². The van der Waals surface area contributed by atoms with E-state index < -0.39 is 0 Å². The number of amides is 1. The molecular formula is C14H22ClN3O. The highest BCUT2D eigenvalue weighted by atomic mass is 35.5. The van der Waals surface area contributed by atoms with Gasteiger partial charge in [0.15, 0.2) is 0 Å². The van der Waals surface area contributed by atoms with Gasteiger partial charge in [0, 0.05) is 28.9 Å². The number of nitrogens with one attached hydrogen (secondary N) is 1. The van der Waals surface area contributed by atoms with Gasteiger partial charge in [0.2, 0.25) is 0 Å². The Morgan fingerprint density at radius 3 is 2.68 bits per heavy atom. The summed E-state index contributed by atoms with van der Waals surface area (Å²) in [4.78, 5) is 14.1. The van der Waals surface area contributed by atoms with Crippen LogP contribution in [0.5, 0.6) is 0 Å². The van der Waals surface area contributed by atoms with Crippen LogP contribution < -0.4 is 11.1 Å². The highest BCUT2D eigenvalue weighted by molar-refractivity contribution is 6.31. The van der Waals surface area contributed by atoms with E-state index in [0.717, 1.165) is 13.0 Å². The van der Waals surface area contributed by atoms with Gasteiger partial charge in [-0.2, -0.15) is 0 Å². The first-order valence-corrected chi connectivity index (χ1v) is 6.82. The number of carbonyl (C=O) groups is 1. The van der Waals surface area contributed by atoms with E-state index in [2.05, 4.69) is 31.1 Å². The Labute approximate surface area is 119 Å². The van der Waals surface area contributed by atoms with Crippen molar-refractivity contribution in [3.8, 4) is 0 Å². The molecule has 0 unspecified atom stereocenters. The standard InChI is InChI=1S/C14H22ClN3O/c1-10(2)18(3)6-4-5-17-14(19)11-7-12(15)9-13(16)8-11/h7-10H,4-6,16H2,1-3H3,(H,17,19). The van der Waals surface area contributed by atoms with E-state index in [1.54, 1.807) is 18.2 Å². The molecule has 0 aliphatic rings. The van der Waals surface area contributed by atoms with Crippen molar-refractivity contribution >= 4 is 23.2 Å². The lowest BCUT2D eigenvalue weighted by Gasteiger charge is -2.20. The maximum atomic E-state index is 11.9. The van der Waals surface area contributed by atoms with Crippen LogP contribution in [0.2, 0.25) is 5.02 Å². The Morgan fingerprint density at radius 1 is 1.42 bits per heavy atom. The number of carbonyl (C=O) groups excluding carboxylic acids is 1. The summed E-state index contributed by atoms with van der Waals surface area (Å²) in [5.74, 6) is -0.138. The smallest absolute Gasteiger partial charge is 0.251 e. The summed E-state index contributed by atoms with van der Waals surface area (Å²) >= 11 is 5.87. The van der Waals surface area contributed by atoms with Crippen LogP contribution in [0.15, 0.2) is 18.2 Å². The topological polar surface area (TPSA) is 58.4 Å². The van der Waals surface area contributed by atoms with Gasteiger partial charge in [0.1, 0.15) is 0 Å². The van der Waals surface area contributed by atoms with Crippen molar-refractivity contribution in [3.05, 3.63) is 28.8 Å². The van der Waals surface area contributed by atoms with Crippen molar-refractivity contribution in [2.24, 2.45) is 0 Å². The van der Waals surface area contributed by atoms with E-state index in [1.165, 1.54) is 0 Å². The van der Waals surface area contributed by atoms with Crippen LogP contribution in [0.25, 0.3) is 0 Å². The molecule has 1 aromatic carbocycles. The van der Waals surface area contributed by atoms with Crippen LogP contribution in [0.4, 0.5) is 5.69 Å². The van der Waals surface area contributed by atoms with Crippen LogP contribution in [0.3, 0.4) is 0 Å². The largest absolute Gasteiger partial charge is 0.399 e. The third-order valence-electron chi connectivity index (χ3n) is 3.04. The molecule has 1 aromatic rings. The van der Waals surface area contributed by atoms with Crippen LogP contribution in [0, 0.1) is 0 Å². The number of hydrogen-bond donors (Lipinski definition) is 2. The van der Waals surface area contributed by atoms with E-state index in [9.17, 15) is 4.79 Å². The molecule has 0 spiro atoms. The number of nitrogens with two attached hydrogens (primary N) is 1. The summed E-state index contributed by atoms with van der Waals surface area (Å²) < 4.78 is 0. The summed E-state index contributed by atoms with van der Waals surface area (Å²) in [6.45, 7) is 5.89. The lowest BCUT2D eigenvalue weighted by atomic mass is 10.2. The van der Waals surface area contributed by atoms with Gasteiger partial charge < -0.3 is 16.0 Å². The quantitative estimate of drug-likeness (QED) is 0.622. The highest BCUT2D eigenvalue weighted by Gasteiger charge is 2.07. The summed E-state index contributed by atoms with van der Waals surface area (Å²) in [6.07, 6.45) is 0.913. The SMILES string of the molecule is CC(C)N(C)CCCNC(=O)c1cc(N)cc(Cl)c1. The molecule has 0 saturated carbocycles. The number of anilines is 1. The fraction of sp³-hybridized carbons (Fsp3) is 0.500. The number of rotatable bonds is 6. The monoisotopic (exact) mass is 283 g/mol. The molecule has 1 rings (SSSR count). The second-order valence-electron chi connectivity index (χ2n) is 4.96. The minimum absolute atomic E-state index is 0.138. The second kappa shape index (κ2) is 7.36. The fourth-order valence-electron chi connectivity index (χ4n) is 1.63. The lowest BCUT2D eigenvalue weighted by molar-refractivity contribution is 0.0951. The Morgan fingerprint density at radius 2 is 2.11 bits per heavy atom. The molecule has 106 valence electrons. The van der Waals surface area contributed by atoms with E-state index in [0.29, 0.717) is 28.9 Å². The molecule has 5 heteroatoms. The molecule has 0 bridgehead atoms. The van der Waals surface area contributed by atoms with Crippen LogP contribution in [0.1, 0.15) is 30.6 Å². The third-order valence-corrected chi connectivity index (χ3v) is 3.26. The zero-order valence-electron chi connectivity index (χ0n) is 11.7. The fourth-order valence-corrected chi connectivity index (χ4v) is 1.88. The number of nitrogens with zero attached hydrogens (tertiary/aromatic N) is 1. The van der Waals surface area contributed by atoms with Crippen molar-refractivity contribution in [3.63, 3.8) is 0 Å². The van der Waals surface area contributed by atoms with Gasteiger partial charge in [0.25, 0.3) is 5.91 Å². The first-order valence-electron chi connectivity index (χ1n) is 6.44. The first kappa shape index (κ1) is 15.8. The predicted octanol–water partition coefficient (Wildman–Crippen LogP) is 2.38. The van der Waals surface area contributed by atoms with Crippen molar-refractivity contribution in [2.75, 3.05) is 25.9 Å². The summed E-state index contributed by atoms with van der Waals surface area (Å²) in [5, 5.41) is 3.34. The minimum Gasteiger partial charge on any atom is -0.399 e. The average Bonchev–Trinajstić information content (AvgIpc) is 2.32. The molecular weight excluding hydrogens is 262 g/mol. The van der Waals surface area contributed by atoms with Gasteiger partial charge in [-0.25, -0.2) is 0 Å². The van der Waals surface area contributed by atoms with Gasteiger partial charge in [-0.15, -0.1) is 0 Å². The molecule has 4 nitrogen and oxygen atoms in total. The summed E-state index contributed by atoms with van der Waals surface area (Å²) in [6, 6.07) is 5.38. The molecule has 0 aliphatic heterocycles. The number of hydrogen-bond acceptors (Lipinski definition) is 3. The van der Waals surface area contributed by atoms with Gasteiger partial charge in [-0.05, 0) is 52.1 Å². The molecule has 0 aromatic heterocycles. The van der Waals surface area contributed by atoms with E-state index in [4.69, 9.17) is 17.3 Å². The zero-order chi connectivity index (χ0) is 14.4. The molecule has 0 aliphatic carbocycles. The van der Waals surface area contributed by atoms with E-state index >= 15 is 0 Å². The number of nitrogen functional groups attached to an aromatic ring is 1. The molecule has 19 heavy (non-hydrogen) atoms. The number of halogens is 1. The van der Waals surface area contributed by atoms with E-state index in [-0.39, 0.29) is 5.91 Å². The predicted molar refractivity (Wildman–Crippen MR) is 80.6 cm³/mol. The maximum Gasteiger partial charge on any atom is 0.251 e. The Bertz CT molecular complexity index is 414. The van der Waals surface area contributed by atoms with Gasteiger partial charge in [-0.1, -0.05) is 11.6 Å². The Kier molecular flexibility index (Phi) is 6.12. The molecule has 0 heterocycles. The molecule has 0 fully saturated rings. The first-order chi connectivity index (χ1) is 8.90. The van der Waals surface area contributed by atoms with Gasteiger partial charge >= 0.3 is 0 Å². The minimum atomic E-state index is -0.138. The maximum absolute atomic E-state index is 11.9. The normalized spacial score (nSPS) is 11.1. The molecule has 1 amide bonds. The van der Waals surface area contributed by atoms with E-state index in [1.807, 2.05) is 0 Å². The average molecular weight is 284 g/mol. The Hall–Kier alpha value is -1.26. The third kappa shape index (κ3) is 5.49. The van der Waals surface area contributed by atoms with Crippen LogP contribution in [-0.2, 0) is 0 Å². The zero-order valence-corrected chi connectivity index (χ0v) is 12.5. The van der Waals surface area contributed by atoms with Crippen molar-refractivity contribution < 1.29 is 4.79 Å².